The largest absolute Gasteiger partial charge is 0.497 e. The second kappa shape index (κ2) is 8.04. The van der Waals surface area contributed by atoms with Crippen LogP contribution in [0, 0.1) is 11.8 Å². The molecule has 0 radical (unpaired) electrons. The number of fused-ring (bicyclic) bond motifs is 1. The van der Waals surface area contributed by atoms with Crippen molar-refractivity contribution in [2.45, 2.75) is 19.7 Å². The van der Waals surface area contributed by atoms with E-state index in [4.69, 9.17) is 4.74 Å². The maximum atomic E-state index is 12.8. The van der Waals surface area contributed by atoms with Gasteiger partial charge in [-0.15, -0.1) is 0 Å². The Bertz CT molecular complexity index is 854. The maximum absolute atomic E-state index is 12.8. The van der Waals surface area contributed by atoms with Gasteiger partial charge in [-0.3, -0.25) is 4.90 Å². The van der Waals surface area contributed by atoms with Gasteiger partial charge in [-0.25, -0.2) is 4.79 Å². The van der Waals surface area contributed by atoms with Gasteiger partial charge in [-0.2, -0.15) is 9.78 Å². The molecule has 1 aromatic heterocycles. The number of aliphatic hydroxyl groups excluding tert-OH is 1. The van der Waals surface area contributed by atoms with E-state index in [-0.39, 0.29) is 6.03 Å². The first-order chi connectivity index (χ1) is 13.9. The zero-order chi connectivity index (χ0) is 20.5. The summed E-state index contributed by atoms with van der Waals surface area (Å²) in [4.78, 5) is 18.9. The van der Waals surface area contributed by atoms with Crippen LogP contribution in [0.3, 0.4) is 0 Å². The summed E-state index contributed by atoms with van der Waals surface area (Å²) in [5.74, 6) is 1.89. The first-order valence-corrected chi connectivity index (χ1v) is 10.0. The number of carbonyl (C=O) groups excluding carboxylic acids is 1. The molecular formula is C21H29N5O3. The van der Waals surface area contributed by atoms with Gasteiger partial charge in [0.25, 0.3) is 0 Å². The Morgan fingerprint density at radius 1 is 1.31 bits per heavy atom. The topological polar surface area (TPSA) is 74.1 Å². The Kier molecular flexibility index (Phi) is 5.47. The number of ether oxygens (including phenoxy) is 1. The lowest BCUT2D eigenvalue weighted by Gasteiger charge is -2.22. The third-order valence-corrected chi connectivity index (χ3v) is 6.11. The zero-order valence-electron chi connectivity index (χ0n) is 17.2. The van der Waals surface area contributed by atoms with Crippen LogP contribution in [0.2, 0.25) is 0 Å². The molecule has 0 spiro atoms. The summed E-state index contributed by atoms with van der Waals surface area (Å²) in [7, 11) is 3.46. The van der Waals surface area contributed by atoms with Crippen molar-refractivity contribution < 1.29 is 14.6 Å². The second-order valence-corrected chi connectivity index (χ2v) is 8.14. The van der Waals surface area contributed by atoms with E-state index in [0.717, 1.165) is 44.2 Å². The van der Waals surface area contributed by atoms with E-state index in [0.29, 0.717) is 11.8 Å². The number of aliphatic hydroxyl groups is 1. The van der Waals surface area contributed by atoms with E-state index in [2.05, 4.69) is 22.1 Å². The zero-order valence-corrected chi connectivity index (χ0v) is 17.2. The third-order valence-electron chi connectivity index (χ3n) is 6.11. The molecule has 3 unspecified atom stereocenters. The summed E-state index contributed by atoms with van der Waals surface area (Å²) in [6.07, 6.45) is 2.65. The van der Waals surface area contributed by atoms with Gasteiger partial charge in [0.1, 0.15) is 12.0 Å². The number of anilines is 1. The molecule has 0 aliphatic carbocycles. The molecule has 1 aromatic carbocycles. The van der Waals surface area contributed by atoms with Crippen molar-refractivity contribution in [1.29, 1.82) is 0 Å². The highest BCUT2D eigenvalue weighted by Gasteiger charge is 2.42. The molecule has 8 heteroatoms. The third kappa shape index (κ3) is 4.09. The molecule has 3 heterocycles. The van der Waals surface area contributed by atoms with Crippen molar-refractivity contribution in [2.75, 3.05) is 45.2 Å². The number of hydrogen-bond acceptors (Lipinski definition) is 6. The summed E-state index contributed by atoms with van der Waals surface area (Å²) < 4.78 is 6.70. The van der Waals surface area contributed by atoms with Gasteiger partial charge in [0.15, 0.2) is 0 Å². The fourth-order valence-electron chi connectivity index (χ4n) is 4.37. The van der Waals surface area contributed by atoms with Crippen molar-refractivity contribution in [3.05, 3.63) is 42.2 Å². The minimum absolute atomic E-state index is 0.0935. The van der Waals surface area contributed by atoms with E-state index in [1.807, 2.05) is 17.0 Å². The lowest BCUT2D eigenvalue weighted by atomic mass is 10.0. The highest BCUT2D eigenvalue weighted by molar-refractivity contribution is 5.77. The number of rotatable bonds is 5. The number of nitrogens with zero attached hydrogens (tertiary/aromatic N) is 5. The average Bonchev–Trinajstić information content (AvgIpc) is 3.41. The SMILES string of the molecule is COc1cccc(CN2CC3CN(C(=O)n4cc(N(C)C(C)O)cn4)CC3C2)c1. The van der Waals surface area contributed by atoms with Gasteiger partial charge in [0, 0.05) is 39.8 Å². The second-order valence-electron chi connectivity index (χ2n) is 8.14. The maximum Gasteiger partial charge on any atom is 0.344 e. The predicted molar refractivity (Wildman–Crippen MR) is 110 cm³/mol. The van der Waals surface area contributed by atoms with Crippen LogP contribution in [0.25, 0.3) is 0 Å². The first kappa shape index (κ1) is 19.7. The summed E-state index contributed by atoms with van der Waals surface area (Å²) in [6, 6.07) is 8.11. The van der Waals surface area contributed by atoms with Crippen molar-refractivity contribution in [1.82, 2.24) is 19.6 Å². The van der Waals surface area contributed by atoms with Gasteiger partial charge in [0.2, 0.25) is 0 Å². The van der Waals surface area contributed by atoms with Crippen LogP contribution in [0.15, 0.2) is 36.7 Å². The Hall–Kier alpha value is -2.58. The van der Waals surface area contributed by atoms with Crippen LogP contribution in [0.4, 0.5) is 10.5 Å². The normalized spacial score (nSPS) is 22.6. The number of carbonyl (C=O) groups is 1. The molecule has 2 saturated heterocycles. The van der Waals surface area contributed by atoms with Crippen LogP contribution in [0.5, 0.6) is 5.75 Å². The molecule has 1 N–H and O–H groups in total. The number of hydrogen-bond donors (Lipinski definition) is 1. The minimum atomic E-state index is -0.635. The van der Waals surface area contributed by atoms with E-state index in [1.165, 1.54) is 10.2 Å². The van der Waals surface area contributed by atoms with Crippen LogP contribution < -0.4 is 9.64 Å². The fraction of sp³-hybridized carbons (Fsp3) is 0.524. The smallest absolute Gasteiger partial charge is 0.344 e. The highest BCUT2D eigenvalue weighted by atomic mass is 16.5. The molecular weight excluding hydrogens is 370 g/mol. The number of aromatic nitrogens is 2. The van der Waals surface area contributed by atoms with Gasteiger partial charge >= 0.3 is 6.03 Å². The summed E-state index contributed by atoms with van der Waals surface area (Å²) in [5.41, 5.74) is 1.97. The van der Waals surface area contributed by atoms with Gasteiger partial charge in [-0.1, -0.05) is 12.1 Å². The number of amides is 1. The molecule has 4 rings (SSSR count). The molecule has 1 amide bonds. The first-order valence-electron chi connectivity index (χ1n) is 10.0. The Morgan fingerprint density at radius 2 is 2.03 bits per heavy atom. The molecule has 0 bridgehead atoms. The predicted octanol–water partition coefficient (Wildman–Crippen LogP) is 1.70. The van der Waals surface area contributed by atoms with Crippen molar-refractivity contribution >= 4 is 11.7 Å². The molecule has 3 atom stereocenters. The standard InChI is InChI=1S/C21H29N5O3/c1-15(27)23(2)19-8-22-26(14-19)21(28)25-12-17-10-24(11-18(17)13-25)9-16-5-4-6-20(7-16)29-3/h4-8,14-15,17-18,27H,9-13H2,1-3H3. The quantitative estimate of drug-likeness (QED) is 0.772. The molecule has 2 aliphatic rings. The Morgan fingerprint density at radius 3 is 2.69 bits per heavy atom. The summed E-state index contributed by atoms with van der Waals surface area (Å²) >= 11 is 0. The van der Waals surface area contributed by atoms with Crippen LogP contribution in [-0.2, 0) is 6.54 Å². The monoisotopic (exact) mass is 399 g/mol. The van der Waals surface area contributed by atoms with Gasteiger partial charge in [-0.05, 0) is 36.5 Å². The average molecular weight is 399 g/mol. The molecule has 29 heavy (non-hydrogen) atoms. The van der Waals surface area contributed by atoms with Crippen LogP contribution in [0.1, 0.15) is 12.5 Å². The molecule has 2 aliphatic heterocycles. The van der Waals surface area contributed by atoms with Crippen molar-refractivity contribution in [2.24, 2.45) is 11.8 Å². The fourth-order valence-corrected chi connectivity index (χ4v) is 4.37. The van der Waals surface area contributed by atoms with Crippen LogP contribution >= 0.6 is 0 Å². The van der Waals surface area contributed by atoms with E-state index >= 15 is 0 Å². The number of methoxy groups -OCH3 is 1. The van der Waals surface area contributed by atoms with E-state index in [9.17, 15) is 9.90 Å². The number of likely N-dealkylation sites (tertiary alicyclic amines) is 2. The van der Waals surface area contributed by atoms with Crippen molar-refractivity contribution in [3.8, 4) is 5.75 Å². The molecule has 2 fully saturated rings. The van der Waals surface area contributed by atoms with Crippen LogP contribution in [-0.4, -0.2) is 77.3 Å². The van der Waals surface area contributed by atoms with Gasteiger partial charge in [0.05, 0.1) is 25.2 Å². The molecule has 156 valence electrons. The van der Waals surface area contributed by atoms with E-state index in [1.54, 1.807) is 38.4 Å². The van der Waals surface area contributed by atoms with Crippen molar-refractivity contribution in [3.63, 3.8) is 0 Å². The minimum Gasteiger partial charge on any atom is -0.497 e. The summed E-state index contributed by atoms with van der Waals surface area (Å²) in [6.45, 7) is 6.12. The van der Waals surface area contributed by atoms with E-state index < -0.39 is 6.23 Å². The Balaban J connectivity index is 1.33. The molecule has 2 aromatic rings. The lowest BCUT2D eigenvalue weighted by molar-refractivity contribution is 0.194. The Labute approximate surface area is 171 Å². The lowest BCUT2D eigenvalue weighted by Crippen LogP contribution is -2.36. The summed E-state index contributed by atoms with van der Waals surface area (Å²) in [5, 5.41) is 13.9. The molecule has 8 nitrogen and oxygen atoms in total. The van der Waals surface area contributed by atoms with Gasteiger partial charge < -0.3 is 19.6 Å². The molecule has 0 saturated carbocycles. The highest BCUT2D eigenvalue weighted by Crippen LogP contribution is 2.32. The number of benzene rings is 1.